The molecule has 6 nitrogen and oxygen atoms in total. The van der Waals surface area contributed by atoms with E-state index in [1.54, 1.807) is 19.1 Å². The molecule has 1 fully saturated rings. The lowest BCUT2D eigenvalue weighted by Gasteiger charge is -2.32. The molecule has 3 aromatic rings. The summed E-state index contributed by atoms with van der Waals surface area (Å²) >= 11 is 0. The first-order chi connectivity index (χ1) is 19.9. The van der Waals surface area contributed by atoms with Crippen LogP contribution in [0.5, 0.6) is 5.75 Å². The number of fused-ring (bicyclic) bond motifs is 2. The third kappa shape index (κ3) is 7.27. The van der Waals surface area contributed by atoms with Gasteiger partial charge in [0.2, 0.25) is 0 Å². The van der Waals surface area contributed by atoms with Crippen molar-refractivity contribution in [2.45, 2.75) is 40.2 Å². The van der Waals surface area contributed by atoms with E-state index >= 15 is 0 Å². The van der Waals surface area contributed by atoms with Gasteiger partial charge in [0.1, 0.15) is 18.2 Å². The second-order valence-electron chi connectivity index (χ2n) is 10.4. The highest BCUT2D eigenvalue weighted by Crippen LogP contribution is 2.39. The van der Waals surface area contributed by atoms with Gasteiger partial charge in [-0.1, -0.05) is 25.0 Å². The van der Waals surface area contributed by atoms with Crippen LogP contribution in [0.25, 0.3) is 22.7 Å². The second kappa shape index (κ2) is 14.2. The van der Waals surface area contributed by atoms with Gasteiger partial charge in [-0.2, -0.15) is 0 Å². The van der Waals surface area contributed by atoms with E-state index in [0.29, 0.717) is 18.9 Å². The summed E-state index contributed by atoms with van der Waals surface area (Å²) in [6.45, 7) is 15.5. The summed E-state index contributed by atoms with van der Waals surface area (Å²) in [6, 6.07) is 10.7. The van der Waals surface area contributed by atoms with E-state index in [1.165, 1.54) is 12.1 Å². The maximum absolute atomic E-state index is 14.0. The molecule has 0 aliphatic carbocycles. The molecule has 2 aliphatic rings. The zero-order valence-corrected chi connectivity index (χ0v) is 24.7. The minimum absolute atomic E-state index is 0.0819. The van der Waals surface area contributed by atoms with Gasteiger partial charge in [0.15, 0.2) is 0 Å². The Morgan fingerprint density at radius 1 is 1.12 bits per heavy atom. The molecule has 1 N–H and O–H groups in total. The van der Waals surface area contributed by atoms with Crippen molar-refractivity contribution in [1.82, 2.24) is 19.4 Å². The number of imidazole rings is 1. The minimum Gasteiger partial charge on any atom is -0.487 e. The number of likely N-dealkylation sites (N-methyl/N-ethyl adjacent to an activating group) is 1. The van der Waals surface area contributed by atoms with Crippen molar-refractivity contribution in [2.75, 3.05) is 46.4 Å². The van der Waals surface area contributed by atoms with Crippen LogP contribution >= 0.6 is 0 Å². The Kier molecular flexibility index (Phi) is 10.4. The lowest BCUT2D eigenvalue weighted by molar-refractivity contribution is 0.151. The van der Waals surface area contributed by atoms with Crippen LogP contribution in [-0.4, -0.2) is 65.7 Å². The van der Waals surface area contributed by atoms with Gasteiger partial charge in [0.25, 0.3) is 0 Å². The second-order valence-corrected chi connectivity index (χ2v) is 10.4. The fourth-order valence-corrected chi connectivity index (χ4v) is 5.41. The molecule has 0 bridgehead atoms. The Balaban J connectivity index is 0.00000124. The Hall–Kier alpha value is -3.86. The molecule has 0 spiro atoms. The number of rotatable bonds is 6. The van der Waals surface area contributed by atoms with Crippen LogP contribution in [0, 0.1) is 17.7 Å². The Labute approximate surface area is 242 Å². The average molecular weight is 557 g/mol. The van der Waals surface area contributed by atoms with E-state index in [1.807, 2.05) is 29.7 Å². The molecule has 41 heavy (non-hydrogen) atoms. The maximum Gasteiger partial charge on any atom is 0.326 e. The highest BCUT2D eigenvalue weighted by atomic mass is 19.1. The van der Waals surface area contributed by atoms with Gasteiger partial charge in [-0.3, -0.25) is 4.57 Å². The summed E-state index contributed by atoms with van der Waals surface area (Å²) in [4.78, 5) is 20.7. The van der Waals surface area contributed by atoms with Gasteiger partial charge in [-0.25, -0.2) is 9.18 Å². The quantitative estimate of drug-likeness (QED) is 0.301. The number of H-pyrrole nitrogens is 1. The van der Waals surface area contributed by atoms with Gasteiger partial charge < -0.3 is 19.5 Å². The smallest absolute Gasteiger partial charge is 0.326 e. The molecule has 2 aliphatic heterocycles. The van der Waals surface area contributed by atoms with Crippen molar-refractivity contribution < 1.29 is 9.13 Å². The predicted octanol–water partition coefficient (Wildman–Crippen LogP) is 5.96. The summed E-state index contributed by atoms with van der Waals surface area (Å²) < 4.78 is 21.9. The van der Waals surface area contributed by atoms with Gasteiger partial charge in [-0.15, -0.1) is 12.5 Å². The number of aryl methyl sites for hydroxylation is 1. The molecular weight excluding hydrogens is 515 g/mol. The molecule has 0 radical (unpaired) electrons. The van der Waals surface area contributed by atoms with E-state index in [9.17, 15) is 9.18 Å². The van der Waals surface area contributed by atoms with E-state index in [4.69, 9.17) is 4.74 Å². The monoisotopic (exact) mass is 556 g/mol. The summed E-state index contributed by atoms with van der Waals surface area (Å²) in [5.74, 6) is 6.35. The molecule has 7 heteroatoms. The molecule has 3 heterocycles. The van der Waals surface area contributed by atoms with Gasteiger partial charge in [0.05, 0.1) is 11.0 Å². The number of nitrogens with one attached hydrogen (secondary N) is 1. The largest absolute Gasteiger partial charge is 0.487 e. The number of ether oxygens (including phenoxy) is 1. The van der Waals surface area contributed by atoms with E-state index in [2.05, 4.69) is 53.3 Å². The van der Waals surface area contributed by atoms with Crippen LogP contribution in [0.2, 0.25) is 0 Å². The molecule has 5 rings (SSSR count). The van der Waals surface area contributed by atoms with Crippen LogP contribution in [-0.2, 0) is 6.54 Å². The van der Waals surface area contributed by atoms with Crippen molar-refractivity contribution >= 4 is 22.7 Å². The number of benzene rings is 2. The topological polar surface area (TPSA) is 53.5 Å². The number of piperazine rings is 1. The van der Waals surface area contributed by atoms with E-state index in [-0.39, 0.29) is 11.5 Å². The van der Waals surface area contributed by atoms with Crippen molar-refractivity contribution in [2.24, 2.45) is 0 Å². The fourth-order valence-electron chi connectivity index (χ4n) is 5.41. The molecule has 0 atom stereocenters. The average Bonchev–Trinajstić information content (AvgIpc) is 3.19. The number of aromatic amines is 1. The molecule has 0 amide bonds. The number of allylic oxidation sites excluding steroid dienone is 3. The van der Waals surface area contributed by atoms with Crippen LogP contribution in [0.15, 0.2) is 65.0 Å². The van der Waals surface area contributed by atoms with E-state index < -0.39 is 0 Å². The zero-order valence-electron chi connectivity index (χ0n) is 24.7. The Bertz CT molecular complexity index is 1560. The summed E-state index contributed by atoms with van der Waals surface area (Å²) in [7, 11) is 2.16. The fraction of sp³-hybridized carbons (Fsp3) is 0.382. The van der Waals surface area contributed by atoms with Crippen molar-refractivity contribution in [3.05, 3.63) is 87.6 Å². The third-order valence-electron chi connectivity index (χ3n) is 7.49. The SMILES string of the molecule is C=CC.CC#CC1=C(CC)/C(=C\c2ccc3c(c2)[nH]c(=O)n3CCCN2CCN(C)CC2)c2ccc(F)cc2OC1. The number of halogens is 1. The predicted molar refractivity (Wildman–Crippen MR) is 168 cm³/mol. The number of nitrogens with zero attached hydrogens (tertiary/aromatic N) is 3. The Morgan fingerprint density at radius 3 is 2.59 bits per heavy atom. The van der Waals surface area contributed by atoms with Crippen LogP contribution in [0.3, 0.4) is 0 Å². The maximum atomic E-state index is 14.0. The molecule has 216 valence electrons. The van der Waals surface area contributed by atoms with Gasteiger partial charge in [0, 0.05) is 49.9 Å². The highest BCUT2D eigenvalue weighted by Gasteiger charge is 2.21. The first-order valence-electron chi connectivity index (χ1n) is 14.4. The molecule has 1 aromatic heterocycles. The summed E-state index contributed by atoms with van der Waals surface area (Å²) in [5, 5.41) is 0. The lowest BCUT2D eigenvalue weighted by atomic mass is 9.90. The lowest BCUT2D eigenvalue weighted by Crippen LogP contribution is -2.44. The van der Waals surface area contributed by atoms with Crippen LogP contribution in [0.1, 0.15) is 44.7 Å². The van der Waals surface area contributed by atoms with Crippen molar-refractivity contribution in [3.8, 4) is 17.6 Å². The normalized spacial score (nSPS) is 16.8. The summed E-state index contributed by atoms with van der Waals surface area (Å²) in [6.07, 6.45) is 5.53. The van der Waals surface area contributed by atoms with Gasteiger partial charge >= 0.3 is 5.69 Å². The number of hydrogen-bond donors (Lipinski definition) is 1. The van der Waals surface area contributed by atoms with Crippen LogP contribution < -0.4 is 10.4 Å². The first-order valence-corrected chi connectivity index (χ1v) is 14.4. The standard InChI is InChI=1S/C31H35FN4O2.C3H6/c1-4-7-23-21-38-30-20-24(32)9-10-26(30)27(25(23)5-2)18-22-8-11-29-28(19-22)33-31(37)36(29)13-6-12-35-16-14-34(3)15-17-35;1-3-2/h8-11,18-20H,5-6,12-17,21H2,1-3H3,(H,33,37);3H,1H2,2H3/b27-18+;. The van der Waals surface area contributed by atoms with Crippen LogP contribution in [0.4, 0.5) is 4.39 Å². The Morgan fingerprint density at radius 2 is 1.88 bits per heavy atom. The van der Waals surface area contributed by atoms with E-state index in [0.717, 1.165) is 84.4 Å². The molecule has 0 unspecified atom stereocenters. The summed E-state index contributed by atoms with van der Waals surface area (Å²) in [5.41, 5.74) is 6.37. The number of aromatic nitrogens is 2. The van der Waals surface area contributed by atoms with Crippen molar-refractivity contribution in [1.29, 1.82) is 0 Å². The zero-order chi connectivity index (χ0) is 29.4. The highest BCUT2D eigenvalue weighted by molar-refractivity contribution is 5.95. The molecule has 2 aromatic carbocycles. The first kappa shape index (κ1) is 30.1. The third-order valence-corrected chi connectivity index (χ3v) is 7.49. The number of hydrogen-bond acceptors (Lipinski definition) is 4. The molecule has 1 saturated heterocycles. The minimum atomic E-state index is -0.334. The molecular formula is C34H41FN4O2. The van der Waals surface area contributed by atoms with Crippen molar-refractivity contribution in [3.63, 3.8) is 0 Å². The van der Waals surface area contributed by atoms with Gasteiger partial charge in [-0.05, 0) is 87.3 Å². The molecule has 0 saturated carbocycles.